The molecule has 1 aliphatic rings. The number of nitrogens with zero attached hydrogens (tertiary/aromatic N) is 2. The predicted octanol–water partition coefficient (Wildman–Crippen LogP) is 3.19. The summed E-state index contributed by atoms with van der Waals surface area (Å²) in [5.74, 6) is 2.70. The molecule has 1 aliphatic heterocycles. The summed E-state index contributed by atoms with van der Waals surface area (Å²) in [6, 6.07) is 2.46. The first-order valence-electron chi connectivity index (χ1n) is 7.96. The van der Waals surface area contributed by atoms with Crippen molar-refractivity contribution in [2.45, 2.75) is 58.4 Å². The predicted molar refractivity (Wildman–Crippen MR) is 87.0 cm³/mol. The zero-order valence-electron chi connectivity index (χ0n) is 13.7. The number of aromatic nitrogens is 2. The maximum atomic E-state index is 5.41. The maximum absolute atomic E-state index is 5.41. The molecule has 5 nitrogen and oxygen atoms in total. The molecule has 0 radical (unpaired) electrons. The maximum Gasteiger partial charge on any atom is 0.138 e. The van der Waals surface area contributed by atoms with Crippen LogP contribution in [-0.2, 0) is 10.2 Å². The Hall–Kier alpha value is -1.36. The fourth-order valence-corrected chi connectivity index (χ4v) is 2.25. The standard InChI is InChI=1S/C16H28N4O/c1-5-8-17-13-11-14(18-12-6-9-21-10-7-12)20-15(19-13)16(2,3)4/h11-12H,5-10H2,1-4H3,(H2,17,18,19,20). The lowest BCUT2D eigenvalue weighted by atomic mass is 9.96. The molecular formula is C16H28N4O. The SMILES string of the molecule is CCCNc1cc(NC2CCOCC2)nc(C(C)(C)C)n1. The molecule has 1 fully saturated rings. The Morgan fingerprint density at radius 1 is 1.19 bits per heavy atom. The van der Waals surface area contributed by atoms with E-state index in [4.69, 9.17) is 9.72 Å². The second-order valence-corrected chi connectivity index (χ2v) is 6.67. The van der Waals surface area contributed by atoms with Crippen molar-refractivity contribution in [3.05, 3.63) is 11.9 Å². The van der Waals surface area contributed by atoms with Gasteiger partial charge in [0.05, 0.1) is 0 Å². The van der Waals surface area contributed by atoms with Crippen LogP contribution in [0.2, 0.25) is 0 Å². The van der Waals surface area contributed by atoms with Crippen LogP contribution in [-0.4, -0.2) is 35.8 Å². The first-order chi connectivity index (χ1) is 9.99. The third-order valence-corrected chi connectivity index (χ3v) is 3.53. The van der Waals surface area contributed by atoms with Crippen LogP contribution in [0.15, 0.2) is 6.07 Å². The molecule has 5 heteroatoms. The van der Waals surface area contributed by atoms with Gasteiger partial charge in [0.2, 0.25) is 0 Å². The minimum absolute atomic E-state index is 0.0595. The van der Waals surface area contributed by atoms with Crippen molar-refractivity contribution >= 4 is 11.6 Å². The summed E-state index contributed by atoms with van der Waals surface area (Å²) in [4.78, 5) is 9.35. The van der Waals surface area contributed by atoms with Crippen molar-refractivity contribution in [2.75, 3.05) is 30.4 Å². The Kier molecular flexibility index (Phi) is 5.39. The van der Waals surface area contributed by atoms with Crippen LogP contribution in [0.4, 0.5) is 11.6 Å². The van der Waals surface area contributed by atoms with Crippen LogP contribution in [0.25, 0.3) is 0 Å². The molecule has 1 saturated heterocycles. The summed E-state index contributed by atoms with van der Waals surface area (Å²) in [6.07, 6.45) is 3.15. The van der Waals surface area contributed by atoms with E-state index in [1.807, 2.05) is 6.07 Å². The van der Waals surface area contributed by atoms with Crippen molar-refractivity contribution in [1.82, 2.24) is 9.97 Å². The van der Waals surface area contributed by atoms with Crippen molar-refractivity contribution in [2.24, 2.45) is 0 Å². The number of rotatable bonds is 5. The largest absolute Gasteiger partial charge is 0.381 e. The normalized spacial score (nSPS) is 16.8. The van der Waals surface area contributed by atoms with Gasteiger partial charge in [0.25, 0.3) is 0 Å². The smallest absolute Gasteiger partial charge is 0.138 e. The third-order valence-electron chi connectivity index (χ3n) is 3.53. The van der Waals surface area contributed by atoms with Crippen molar-refractivity contribution in [3.8, 4) is 0 Å². The first-order valence-corrected chi connectivity index (χ1v) is 7.96. The minimum atomic E-state index is -0.0595. The average molecular weight is 292 g/mol. The zero-order valence-corrected chi connectivity index (χ0v) is 13.7. The molecule has 0 unspecified atom stereocenters. The Bertz CT molecular complexity index is 450. The Balaban J connectivity index is 2.17. The summed E-state index contributed by atoms with van der Waals surface area (Å²) in [5.41, 5.74) is -0.0595. The van der Waals surface area contributed by atoms with E-state index in [1.54, 1.807) is 0 Å². The molecule has 2 rings (SSSR count). The van der Waals surface area contributed by atoms with Crippen molar-refractivity contribution in [3.63, 3.8) is 0 Å². The molecule has 0 atom stereocenters. The van der Waals surface area contributed by atoms with Gasteiger partial charge in [-0.2, -0.15) is 0 Å². The van der Waals surface area contributed by atoms with Crippen LogP contribution in [0, 0.1) is 0 Å². The molecule has 0 spiro atoms. The van der Waals surface area contributed by atoms with E-state index in [0.717, 1.165) is 56.5 Å². The quantitative estimate of drug-likeness (QED) is 0.873. The molecule has 118 valence electrons. The van der Waals surface area contributed by atoms with Crippen LogP contribution in [0.3, 0.4) is 0 Å². The second-order valence-electron chi connectivity index (χ2n) is 6.67. The van der Waals surface area contributed by atoms with Gasteiger partial charge in [0.15, 0.2) is 0 Å². The highest BCUT2D eigenvalue weighted by Crippen LogP contribution is 2.23. The van der Waals surface area contributed by atoms with E-state index in [2.05, 4.69) is 43.3 Å². The van der Waals surface area contributed by atoms with Gasteiger partial charge in [-0.05, 0) is 19.3 Å². The van der Waals surface area contributed by atoms with Gasteiger partial charge < -0.3 is 15.4 Å². The molecule has 0 aromatic carbocycles. The van der Waals surface area contributed by atoms with Crippen LogP contribution in [0.1, 0.15) is 52.8 Å². The highest BCUT2D eigenvalue weighted by Gasteiger charge is 2.20. The lowest BCUT2D eigenvalue weighted by molar-refractivity contribution is 0.0904. The van der Waals surface area contributed by atoms with Gasteiger partial charge in [0, 0.05) is 37.3 Å². The highest BCUT2D eigenvalue weighted by atomic mass is 16.5. The van der Waals surface area contributed by atoms with Gasteiger partial charge in [-0.3, -0.25) is 0 Å². The number of hydrogen-bond acceptors (Lipinski definition) is 5. The van der Waals surface area contributed by atoms with Gasteiger partial charge in [-0.1, -0.05) is 27.7 Å². The molecule has 1 aromatic rings. The average Bonchev–Trinajstić information content (AvgIpc) is 2.45. The first kappa shape index (κ1) is 16.0. The molecule has 0 aliphatic carbocycles. The summed E-state index contributed by atoms with van der Waals surface area (Å²) in [5, 5.41) is 6.91. The molecule has 0 amide bonds. The topological polar surface area (TPSA) is 59.1 Å². The Morgan fingerprint density at radius 3 is 2.48 bits per heavy atom. The summed E-state index contributed by atoms with van der Waals surface area (Å²) >= 11 is 0. The van der Waals surface area contributed by atoms with Crippen molar-refractivity contribution in [1.29, 1.82) is 0 Å². The van der Waals surface area contributed by atoms with Crippen LogP contribution in [0.5, 0.6) is 0 Å². The molecule has 2 N–H and O–H groups in total. The fraction of sp³-hybridized carbons (Fsp3) is 0.750. The lowest BCUT2D eigenvalue weighted by Gasteiger charge is -2.25. The molecule has 2 heterocycles. The van der Waals surface area contributed by atoms with Crippen molar-refractivity contribution < 1.29 is 4.74 Å². The second kappa shape index (κ2) is 7.07. The number of hydrogen-bond donors (Lipinski definition) is 2. The Labute approximate surface area is 127 Å². The number of ether oxygens (including phenoxy) is 1. The number of nitrogens with one attached hydrogen (secondary N) is 2. The fourth-order valence-electron chi connectivity index (χ4n) is 2.25. The van der Waals surface area contributed by atoms with Gasteiger partial charge >= 0.3 is 0 Å². The van der Waals surface area contributed by atoms with Gasteiger partial charge in [-0.15, -0.1) is 0 Å². The van der Waals surface area contributed by atoms with E-state index in [0.29, 0.717) is 6.04 Å². The van der Waals surface area contributed by atoms with Crippen LogP contribution < -0.4 is 10.6 Å². The summed E-state index contributed by atoms with van der Waals surface area (Å²) in [7, 11) is 0. The van der Waals surface area contributed by atoms with E-state index in [-0.39, 0.29) is 5.41 Å². The number of anilines is 2. The monoisotopic (exact) mass is 292 g/mol. The molecular weight excluding hydrogens is 264 g/mol. The highest BCUT2D eigenvalue weighted by molar-refractivity contribution is 5.48. The summed E-state index contributed by atoms with van der Waals surface area (Å²) < 4.78 is 5.41. The van der Waals surface area contributed by atoms with E-state index < -0.39 is 0 Å². The van der Waals surface area contributed by atoms with E-state index in [9.17, 15) is 0 Å². The van der Waals surface area contributed by atoms with E-state index >= 15 is 0 Å². The van der Waals surface area contributed by atoms with Crippen LogP contribution >= 0.6 is 0 Å². The Morgan fingerprint density at radius 2 is 1.86 bits per heavy atom. The molecule has 0 bridgehead atoms. The third kappa shape index (κ3) is 4.84. The van der Waals surface area contributed by atoms with E-state index in [1.165, 1.54) is 0 Å². The zero-order chi connectivity index (χ0) is 15.3. The molecule has 21 heavy (non-hydrogen) atoms. The summed E-state index contributed by atoms with van der Waals surface area (Å²) in [6.45, 7) is 11.2. The van der Waals surface area contributed by atoms with Gasteiger partial charge in [0.1, 0.15) is 17.5 Å². The minimum Gasteiger partial charge on any atom is -0.381 e. The van der Waals surface area contributed by atoms with Gasteiger partial charge in [-0.25, -0.2) is 9.97 Å². The molecule has 0 saturated carbocycles. The lowest BCUT2D eigenvalue weighted by Crippen LogP contribution is -2.29. The molecule has 1 aromatic heterocycles.